The molecule has 0 heterocycles. The molecule has 0 amide bonds. The van der Waals surface area contributed by atoms with Crippen molar-refractivity contribution in [3.8, 4) is 0 Å². The second-order valence-corrected chi connectivity index (χ2v) is 8.29. The molecule has 0 aliphatic carbocycles. The minimum Gasteiger partial charge on any atom is -0.481 e. The quantitative estimate of drug-likeness (QED) is 0.190. The lowest BCUT2D eigenvalue weighted by Gasteiger charge is -2.04. The van der Waals surface area contributed by atoms with Crippen molar-refractivity contribution in [1.29, 1.82) is 0 Å². The highest BCUT2D eigenvalue weighted by molar-refractivity contribution is 5.66. The average molecular weight is 390 g/mol. The van der Waals surface area contributed by atoms with Crippen molar-refractivity contribution in [1.82, 2.24) is 0 Å². The summed E-state index contributed by atoms with van der Waals surface area (Å²) in [6.07, 6.45) is 22.4. The van der Waals surface area contributed by atoms with E-state index < -0.39 is 5.97 Å². The van der Waals surface area contributed by atoms with Crippen LogP contribution in [0.3, 0.4) is 0 Å². The van der Waals surface area contributed by atoms with Crippen LogP contribution in [-0.2, 0) is 11.2 Å². The lowest BCUT2D eigenvalue weighted by molar-refractivity contribution is -0.137. The summed E-state index contributed by atoms with van der Waals surface area (Å²) in [6, 6.07) is 8.30. The van der Waals surface area contributed by atoms with Gasteiger partial charge in [0.2, 0.25) is 0 Å². The average Bonchev–Trinajstić information content (AvgIpc) is 2.68. The van der Waals surface area contributed by atoms with Crippen molar-refractivity contribution < 1.29 is 9.90 Å². The van der Waals surface area contributed by atoms with Crippen LogP contribution in [0, 0.1) is 0 Å². The van der Waals surface area contributed by atoms with Crippen LogP contribution in [0.2, 0.25) is 0 Å². The number of anilines is 1. The lowest BCUT2D eigenvalue weighted by Crippen LogP contribution is -1.93. The molecule has 1 aromatic carbocycles. The number of carbonyl (C=O) groups is 1. The fourth-order valence-corrected chi connectivity index (χ4v) is 3.76. The molecular weight excluding hydrogens is 346 g/mol. The van der Waals surface area contributed by atoms with Gasteiger partial charge in [0.25, 0.3) is 0 Å². The number of hydrogen-bond donors (Lipinski definition) is 2. The van der Waals surface area contributed by atoms with Crippen molar-refractivity contribution in [2.75, 3.05) is 5.73 Å². The Bertz CT molecular complexity index is 484. The molecule has 3 N–H and O–H groups in total. The molecule has 0 bridgehead atoms. The van der Waals surface area contributed by atoms with E-state index in [0.717, 1.165) is 18.5 Å². The van der Waals surface area contributed by atoms with E-state index in [9.17, 15) is 4.79 Å². The molecule has 0 unspecified atom stereocenters. The smallest absolute Gasteiger partial charge is 0.303 e. The predicted molar refractivity (Wildman–Crippen MR) is 121 cm³/mol. The summed E-state index contributed by atoms with van der Waals surface area (Å²) in [5.74, 6) is -0.658. The Hall–Kier alpha value is -1.51. The molecule has 3 nitrogen and oxygen atoms in total. The number of hydrogen-bond acceptors (Lipinski definition) is 2. The molecule has 28 heavy (non-hydrogen) atoms. The van der Waals surface area contributed by atoms with Crippen molar-refractivity contribution in [2.24, 2.45) is 0 Å². The number of nitrogen functional groups attached to an aromatic ring is 1. The Morgan fingerprint density at radius 2 is 0.964 bits per heavy atom. The fourth-order valence-electron chi connectivity index (χ4n) is 3.76. The van der Waals surface area contributed by atoms with Gasteiger partial charge in [0, 0.05) is 12.1 Å². The number of unbranched alkanes of at least 4 members (excludes halogenated alkanes) is 15. The molecule has 0 saturated heterocycles. The van der Waals surface area contributed by atoms with Gasteiger partial charge in [-0.1, -0.05) is 102 Å². The molecule has 0 radical (unpaired) electrons. The van der Waals surface area contributed by atoms with Gasteiger partial charge in [-0.3, -0.25) is 4.79 Å². The van der Waals surface area contributed by atoms with Gasteiger partial charge >= 0.3 is 5.97 Å². The molecule has 0 atom stereocenters. The van der Waals surface area contributed by atoms with Gasteiger partial charge in [-0.05, 0) is 37.0 Å². The van der Waals surface area contributed by atoms with Crippen LogP contribution in [0.25, 0.3) is 0 Å². The van der Waals surface area contributed by atoms with Gasteiger partial charge in [-0.2, -0.15) is 0 Å². The van der Waals surface area contributed by atoms with E-state index in [2.05, 4.69) is 12.1 Å². The van der Waals surface area contributed by atoms with Crippen LogP contribution in [0.1, 0.15) is 115 Å². The Balaban J connectivity index is 1.72. The number of carboxylic acids is 1. The van der Waals surface area contributed by atoms with Crippen molar-refractivity contribution >= 4 is 11.7 Å². The molecule has 160 valence electrons. The van der Waals surface area contributed by atoms with E-state index in [1.807, 2.05) is 12.1 Å². The molecule has 1 rings (SSSR count). The normalized spacial score (nSPS) is 11.0. The monoisotopic (exact) mass is 389 g/mol. The van der Waals surface area contributed by atoms with Gasteiger partial charge in [-0.25, -0.2) is 0 Å². The molecule has 0 aliphatic heterocycles. The standard InChI is InChI=1S/C25H43NO2/c26-24-21-19-23(20-22-24)17-15-13-11-9-7-5-3-1-2-4-6-8-10-12-14-16-18-25(27)28/h19-22H,1-18,26H2,(H,27,28). The summed E-state index contributed by atoms with van der Waals surface area (Å²) in [4.78, 5) is 10.4. The van der Waals surface area contributed by atoms with Crippen molar-refractivity contribution in [3.63, 3.8) is 0 Å². The lowest BCUT2D eigenvalue weighted by atomic mass is 10.0. The van der Waals surface area contributed by atoms with Crippen LogP contribution in [0.15, 0.2) is 24.3 Å². The molecule has 0 aromatic heterocycles. The van der Waals surface area contributed by atoms with E-state index in [1.54, 1.807) is 0 Å². The van der Waals surface area contributed by atoms with E-state index in [-0.39, 0.29) is 0 Å². The minimum atomic E-state index is -0.658. The SMILES string of the molecule is Nc1ccc(CCCCCCCCCCCCCCCCCCC(=O)O)cc1. The molecule has 1 aromatic rings. The van der Waals surface area contributed by atoms with Gasteiger partial charge in [0.1, 0.15) is 0 Å². The highest BCUT2D eigenvalue weighted by Gasteiger charge is 1.98. The number of carboxylic acid groups (broad SMARTS) is 1. The first-order chi connectivity index (χ1) is 13.7. The first kappa shape index (κ1) is 24.5. The van der Waals surface area contributed by atoms with E-state index in [4.69, 9.17) is 10.8 Å². The van der Waals surface area contributed by atoms with Crippen molar-refractivity contribution in [3.05, 3.63) is 29.8 Å². The Morgan fingerprint density at radius 1 is 0.607 bits per heavy atom. The first-order valence-electron chi connectivity index (χ1n) is 11.7. The third kappa shape index (κ3) is 15.5. The highest BCUT2D eigenvalue weighted by atomic mass is 16.4. The maximum Gasteiger partial charge on any atom is 0.303 e. The second kappa shape index (κ2) is 17.6. The Kier molecular flexibility index (Phi) is 15.4. The Morgan fingerprint density at radius 3 is 1.36 bits per heavy atom. The predicted octanol–water partition coefficient (Wildman–Crippen LogP) is 7.53. The summed E-state index contributed by atoms with van der Waals surface area (Å²) in [5.41, 5.74) is 7.98. The van der Waals surface area contributed by atoms with Crippen LogP contribution in [-0.4, -0.2) is 11.1 Å². The minimum absolute atomic E-state index is 0.337. The van der Waals surface area contributed by atoms with Crippen LogP contribution in [0.5, 0.6) is 0 Å². The number of aliphatic carboxylic acids is 1. The third-order valence-electron chi connectivity index (χ3n) is 5.59. The summed E-state index contributed by atoms with van der Waals surface area (Å²) in [6.45, 7) is 0. The molecule has 0 spiro atoms. The summed E-state index contributed by atoms with van der Waals surface area (Å²) in [5, 5.41) is 8.58. The topological polar surface area (TPSA) is 63.3 Å². The van der Waals surface area contributed by atoms with E-state index in [0.29, 0.717) is 6.42 Å². The molecule has 0 aliphatic rings. The largest absolute Gasteiger partial charge is 0.481 e. The zero-order valence-corrected chi connectivity index (χ0v) is 18.0. The molecule has 0 saturated carbocycles. The van der Waals surface area contributed by atoms with Gasteiger partial charge in [0.05, 0.1) is 0 Å². The number of benzene rings is 1. The summed E-state index contributed by atoms with van der Waals surface area (Å²) < 4.78 is 0. The van der Waals surface area contributed by atoms with Crippen LogP contribution in [0.4, 0.5) is 5.69 Å². The van der Waals surface area contributed by atoms with Gasteiger partial charge in [-0.15, -0.1) is 0 Å². The number of aryl methyl sites for hydroxylation is 1. The van der Waals surface area contributed by atoms with Gasteiger partial charge in [0.15, 0.2) is 0 Å². The second-order valence-electron chi connectivity index (χ2n) is 8.29. The third-order valence-corrected chi connectivity index (χ3v) is 5.59. The zero-order chi connectivity index (χ0) is 20.3. The van der Waals surface area contributed by atoms with E-state index in [1.165, 1.54) is 102 Å². The Labute approximate surface area is 173 Å². The zero-order valence-electron chi connectivity index (χ0n) is 18.0. The molecule has 0 fully saturated rings. The van der Waals surface area contributed by atoms with E-state index >= 15 is 0 Å². The van der Waals surface area contributed by atoms with Crippen LogP contribution < -0.4 is 5.73 Å². The summed E-state index contributed by atoms with van der Waals surface area (Å²) in [7, 11) is 0. The van der Waals surface area contributed by atoms with Crippen molar-refractivity contribution in [2.45, 2.75) is 116 Å². The highest BCUT2D eigenvalue weighted by Crippen LogP contribution is 2.15. The van der Waals surface area contributed by atoms with Gasteiger partial charge < -0.3 is 10.8 Å². The first-order valence-corrected chi connectivity index (χ1v) is 11.7. The molecule has 3 heteroatoms. The maximum atomic E-state index is 10.4. The fraction of sp³-hybridized carbons (Fsp3) is 0.720. The van der Waals surface area contributed by atoms with Crippen LogP contribution >= 0.6 is 0 Å². The molecular formula is C25H43NO2. The number of nitrogens with two attached hydrogens (primary N) is 1. The number of rotatable bonds is 19. The maximum absolute atomic E-state index is 10.4. The summed E-state index contributed by atoms with van der Waals surface area (Å²) >= 11 is 0.